The van der Waals surface area contributed by atoms with E-state index in [1.165, 1.54) is 11.8 Å². The van der Waals surface area contributed by atoms with Gasteiger partial charge in [-0.2, -0.15) is 0 Å². The molecule has 1 aliphatic rings. The first-order chi connectivity index (χ1) is 11.6. The molecule has 0 aromatic heterocycles. The Labute approximate surface area is 147 Å². The SMILES string of the molecule is COCCC1(C(=O)Nc2cccc(CSCC(=O)O)c2)CCCC1. The van der Waals surface area contributed by atoms with Crippen LogP contribution in [0.2, 0.25) is 0 Å². The molecule has 1 saturated carbocycles. The number of aliphatic carboxylic acids is 1. The van der Waals surface area contributed by atoms with Crippen LogP contribution in [-0.4, -0.2) is 36.5 Å². The van der Waals surface area contributed by atoms with E-state index in [0.29, 0.717) is 12.4 Å². The van der Waals surface area contributed by atoms with Crippen molar-refractivity contribution in [2.45, 2.75) is 37.9 Å². The number of benzene rings is 1. The summed E-state index contributed by atoms with van der Waals surface area (Å²) in [4.78, 5) is 23.4. The lowest BCUT2D eigenvalue weighted by Gasteiger charge is -2.27. The highest BCUT2D eigenvalue weighted by Crippen LogP contribution is 2.42. The number of amides is 1. The molecule has 24 heavy (non-hydrogen) atoms. The van der Waals surface area contributed by atoms with Gasteiger partial charge in [0.1, 0.15) is 0 Å². The van der Waals surface area contributed by atoms with Crippen molar-refractivity contribution in [2.24, 2.45) is 5.41 Å². The van der Waals surface area contributed by atoms with Crippen molar-refractivity contribution in [2.75, 3.05) is 24.8 Å². The highest BCUT2D eigenvalue weighted by atomic mass is 32.2. The number of nitrogens with one attached hydrogen (secondary N) is 1. The highest BCUT2D eigenvalue weighted by Gasteiger charge is 2.40. The van der Waals surface area contributed by atoms with Crippen LogP contribution >= 0.6 is 11.8 Å². The fourth-order valence-electron chi connectivity index (χ4n) is 3.20. The van der Waals surface area contributed by atoms with Crippen molar-refractivity contribution in [3.63, 3.8) is 0 Å². The van der Waals surface area contributed by atoms with Gasteiger partial charge >= 0.3 is 5.97 Å². The number of anilines is 1. The van der Waals surface area contributed by atoms with E-state index in [2.05, 4.69) is 5.32 Å². The molecule has 1 fully saturated rings. The van der Waals surface area contributed by atoms with E-state index in [1.807, 2.05) is 24.3 Å². The van der Waals surface area contributed by atoms with Gasteiger partial charge in [0, 0.05) is 25.2 Å². The van der Waals surface area contributed by atoms with Crippen LogP contribution in [0.3, 0.4) is 0 Å². The molecule has 0 unspecified atom stereocenters. The Morgan fingerprint density at radius 3 is 2.75 bits per heavy atom. The summed E-state index contributed by atoms with van der Waals surface area (Å²) in [5.41, 5.74) is 1.47. The standard InChI is InChI=1S/C18H25NO4S/c1-23-10-9-18(7-2-3-8-18)17(22)19-15-6-4-5-14(11-15)12-24-13-16(20)21/h4-6,11H,2-3,7-10,12-13H2,1H3,(H,19,22)(H,20,21). The van der Waals surface area contributed by atoms with Crippen LogP contribution in [0.4, 0.5) is 5.69 Å². The molecule has 1 aliphatic carbocycles. The maximum absolute atomic E-state index is 12.8. The van der Waals surface area contributed by atoms with Gasteiger partial charge in [-0.1, -0.05) is 25.0 Å². The van der Waals surface area contributed by atoms with Gasteiger partial charge in [-0.25, -0.2) is 0 Å². The molecule has 1 aromatic carbocycles. The van der Waals surface area contributed by atoms with Crippen molar-refractivity contribution in [3.8, 4) is 0 Å². The summed E-state index contributed by atoms with van der Waals surface area (Å²) >= 11 is 1.35. The van der Waals surface area contributed by atoms with Crippen LogP contribution in [0.5, 0.6) is 0 Å². The molecule has 0 atom stereocenters. The minimum atomic E-state index is -0.814. The minimum Gasteiger partial charge on any atom is -0.481 e. The smallest absolute Gasteiger partial charge is 0.313 e. The average molecular weight is 351 g/mol. The lowest BCUT2D eigenvalue weighted by atomic mass is 9.82. The first-order valence-corrected chi connectivity index (χ1v) is 9.40. The molecule has 0 radical (unpaired) electrons. The van der Waals surface area contributed by atoms with Crippen LogP contribution in [0.1, 0.15) is 37.7 Å². The van der Waals surface area contributed by atoms with Crippen LogP contribution in [0.25, 0.3) is 0 Å². The van der Waals surface area contributed by atoms with Crippen LogP contribution < -0.4 is 5.32 Å². The van der Waals surface area contributed by atoms with Crippen LogP contribution in [0.15, 0.2) is 24.3 Å². The molecule has 2 N–H and O–H groups in total. The zero-order chi connectivity index (χ0) is 17.4. The minimum absolute atomic E-state index is 0.0763. The van der Waals surface area contributed by atoms with Gasteiger partial charge in [0.05, 0.1) is 11.2 Å². The number of rotatable bonds is 9. The molecular formula is C18H25NO4S. The Balaban J connectivity index is 1.98. The molecule has 5 nitrogen and oxygen atoms in total. The Hall–Kier alpha value is -1.53. The lowest BCUT2D eigenvalue weighted by Crippen LogP contribution is -2.35. The summed E-state index contributed by atoms with van der Waals surface area (Å²) in [5.74, 6) is -0.0418. The molecule has 0 heterocycles. The van der Waals surface area contributed by atoms with Crippen molar-refractivity contribution in [1.29, 1.82) is 0 Å². The fraction of sp³-hybridized carbons (Fsp3) is 0.556. The second kappa shape index (κ2) is 9.08. The van der Waals surface area contributed by atoms with E-state index in [4.69, 9.17) is 9.84 Å². The maximum Gasteiger partial charge on any atom is 0.313 e. The summed E-state index contributed by atoms with van der Waals surface area (Å²) in [6.45, 7) is 0.597. The Kier molecular flexibility index (Phi) is 7.12. The molecule has 1 aromatic rings. The van der Waals surface area contributed by atoms with Crippen molar-refractivity contribution < 1.29 is 19.4 Å². The van der Waals surface area contributed by atoms with Gasteiger partial charge in [-0.15, -0.1) is 11.8 Å². The molecule has 0 aliphatic heterocycles. The first-order valence-electron chi connectivity index (χ1n) is 8.25. The zero-order valence-corrected chi connectivity index (χ0v) is 14.9. The van der Waals surface area contributed by atoms with Crippen LogP contribution in [0, 0.1) is 5.41 Å². The van der Waals surface area contributed by atoms with Crippen LogP contribution in [-0.2, 0) is 20.1 Å². The quantitative estimate of drug-likeness (QED) is 0.712. The van der Waals surface area contributed by atoms with Gasteiger partial charge in [0.25, 0.3) is 0 Å². The molecule has 0 spiro atoms. The number of methoxy groups -OCH3 is 1. The summed E-state index contributed by atoms with van der Waals surface area (Å²) in [6.07, 6.45) is 4.75. The third-order valence-electron chi connectivity index (χ3n) is 4.51. The Morgan fingerprint density at radius 1 is 1.33 bits per heavy atom. The first kappa shape index (κ1) is 18.8. The number of hydrogen-bond donors (Lipinski definition) is 2. The number of carbonyl (C=O) groups is 2. The molecule has 0 bridgehead atoms. The molecule has 2 rings (SSSR count). The largest absolute Gasteiger partial charge is 0.481 e. The van der Waals surface area contributed by atoms with Gasteiger partial charge < -0.3 is 15.2 Å². The predicted octanol–water partition coefficient (Wildman–Crippen LogP) is 3.54. The van der Waals surface area contributed by atoms with E-state index in [0.717, 1.165) is 43.4 Å². The van der Waals surface area contributed by atoms with Gasteiger partial charge in [0.15, 0.2) is 0 Å². The number of carboxylic acid groups (broad SMARTS) is 1. The van der Waals surface area contributed by atoms with E-state index in [-0.39, 0.29) is 17.1 Å². The van der Waals surface area contributed by atoms with Gasteiger partial charge in [-0.05, 0) is 37.0 Å². The lowest BCUT2D eigenvalue weighted by molar-refractivity contribution is -0.134. The third-order valence-corrected chi connectivity index (χ3v) is 5.49. The molecule has 0 saturated heterocycles. The number of carboxylic acids is 1. The van der Waals surface area contributed by atoms with Crippen molar-refractivity contribution >= 4 is 29.3 Å². The van der Waals surface area contributed by atoms with E-state index in [1.54, 1.807) is 7.11 Å². The average Bonchev–Trinajstić information content (AvgIpc) is 3.03. The van der Waals surface area contributed by atoms with E-state index >= 15 is 0 Å². The van der Waals surface area contributed by atoms with E-state index < -0.39 is 5.97 Å². The number of ether oxygens (including phenoxy) is 1. The normalized spacial score (nSPS) is 16.0. The maximum atomic E-state index is 12.8. The topological polar surface area (TPSA) is 75.6 Å². The highest BCUT2D eigenvalue weighted by molar-refractivity contribution is 7.99. The summed E-state index contributed by atoms with van der Waals surface area (Å²) in [5, 5.41) is 11.8. The predicted molar refractivity (Wildman–Crippen MR) is 96.3 cm³/mol. The molecule has 6 heteroatoms. The second-order valence-electron chi connectivity index (χ2n) is 6.27. The number of thioether (sulfide) groups is 1. The Morgan fingerprint density at radius 2 is 2.08 bits per heavy atom. The third kappa shape index (κ3) is 5.24. The summed E-state index contributed by atoms with van der Waals surface area (Å²) < 4.78 is 5.18. The number of carbonyl (C=O) groups excluding carboxylic acids is 1. The second-order valence-corrected chi connectivity index (χ2v) is 7.26. The molecule has 132 valence electrons. The summed E-state index contributed by atoms with van der Waals surface area (Å²) in [7, 11) is 1.67. The van der Waals surface area contributed by atoms with Gasteiger partial charge in [0.2, 0.25) is 5.91 Å². The van der Waals surface area contributed by atoms with Gasteiger partial charge in [-0.3, -0.25) is 9.59 Å². The Bertz CT molecular complexity index is 570. The monoisotopic (exact) mass is 351 g/mol. The fourth-order valence-corrected chi connectivity index (χ4v) is 3.89. The summed E-state index contributed by atoms with van der Waals surface area (Å²) in [6, 6.07) is 7.64. The van der Waals surface area contributed by atoms with Crippen molar-refractivity contribution in [3.05, 3.63) is 29.8 Å². The number of hydrogen-bond acceptors (Lipinski definition) is 4. The molecular weight excluding hydrogens is 326 g/mol. The van der Waals surface area contributed by atoms with Crippen molar-refractivity contribution in [1.82, 2.24) is 0 Å². The van der Waals surface area contributed by atoms with E-state index in [9.17, 15) is 9.59 Å². The zero-order valence-electron chi connectivity index (χ0n) is 14.0. The molecule has 1 amide bonds.